The highest BCUT2D eigenvalue weighted by molar-refractivity contribution is 6.35. The molecule has 0 aliphatic carbocycles. The third kappa shape index (κ3) is 3.09. The molecule has 30 heavy (non-hydrogen) atoms. The highest BCUT2D eigenvalue weighted by Crippen LogP contribution is 2.49. The van der Waals surface area contributed by atoms with Gasteiger partial charge in [0.15, 0.2) is 0 Å². The molecule has 2 amide bonds. The van der Waals surface area contributed by atoms with Crippen molar-refractivity contribution in [2.24, 2.45) is 5.92 Å². The van der Waals surface area contributed by atoms with Crippen LogP contribution in [-0.2, 0) is 15.1 Å². The van der Waals surface area contributed by atoms with Crippen molar-refractivity contribution >= 4 is 34.8 Å². The number of carbonyl (C=O) groups is 2. The summed E-state index contributed by atoms with van der Waals surface area (Å²) in [7, 11) is 3.08. The maximum absolute atomic E-state index is 13.5. The number of amides is 2. The van der Waals surface area contributed by atoms with Gasteiger partial charge >= 0.3 is 0 Å². The number of rotatable bonds is 4. The van der Waals surface area contributed by atoms with Crippen LogP contribution in [0.15, 0.2) is 30.3 Å². The molecule has 2 heterocycles. The van der Waals surface area contributed by atoms with Gasteiger partial charge in [-0.1, -0.05) is 17.7 Å². The topological polar surface area (TPSA) is 88.7 Å². The Labute approximate surface area is 180 Å². The first kappa shape index (κ1) is 20.5. The summed E-state index contributed by atoms with van der Waals surface area (Å²) >= 11 is 6.39. The van der Waals surface area contributed by atoms with Crippen molar-refractivity contribution in [2.45, 2.75) is 31.8 Å². The molecule has 8 heteroatoms. The van der Waals surface area contributed by atoms with Gasteiger partial charge in [-0.25, -0.2) is 0 Å². The van der Waals surface area contributed by atoms with Gasteiger partial charge < -0.3 is 20.1 Å². The van der Waals surface area contributed by atoms with E-state index in [0.717, 1.165) is 5.56 Å². The Kier molecular flexibility index (Phi) is 5.11. The molecule has 0 radical (unpaired) electrons. The number of methoxy groups -OCH3 is 2. The number of fused-ring (bicyclic) bond motifs is 2. The largest absolute Gasteiger partial charge is 0.497 e. The van der Waals surface area contributed by atoms with Gasteiger partial charge in [-0.3, -0.25) is 14.9 Å². The van der Waals surface area contributed by atoms with Crippen molar-refractivity contribution in [3.63, 3.8) is 0 Å². The average Bonchev–Trinajstić information content (AvgIpc) is 3.20. The molecule has 3 atom stereocenters. The Balaban J connectivity index is 1.75. The lowest BCUT2D eigenvalue weighted by Gasteiger charge is -2.29. The van der Waals surface area contributed by atoms with Crippen LogP contribution in [-0.4, -0.2) is 32.1 Å². The zero-order chi connectivity index (χ0) is 21.6. The van der Waals surface area contributed by atoms with Gasteiger partial charge in [0.1, 0.15) is 17.0 Å². The molecule has 1 saturated heterocycles. The van der Waals surface area contributed by atoms with Gasteiger partial charge in [0, 0.05) is 17.7 Å². The van der Waals surface area contributed by atoms with Crippen molar-refractivity contribution in [1.82, 2.24) is 5.32 Å². The number of hydrogen-bond donors (Lipinski definition) is 3. The minimum Gasteiger partial charge on any atom is -0.497 e. The zero-order valence-corrected chi connectivity index (χ0v) is 18.0. The number of hydrogen-bond acceptors (Lipinski definition) is 5. The molecule has 7 nitrogen and oxygen atoms in total. The smallest absolute Gasteiger partial charge is 0.250 e. The van der Waals surface area contributed by atoms with E-state index in [4.69, 9.17) is 21.1 Å². The molecule has 0 saturated carbocycles. The summed E-state index contributed by atoms with van der Waals surface area (Å²) < 4.78 is 10.6. The molecule has 3 N–H and O–H groups in total. The van der Waals surface area contributed by atoms with E-state index in [1.807, 2.05) is 19.9 Å². The SMILES string of the molecule is COc1ccc(OC)c(NC(=O)[C@@H]2C[C@H](C)N[C@]23C(=O)Nc2c(Cl)cc(C)cc23)c1. The molecule has 158 valence electrons. The van der Waals surface area contributed by atoms with E-state index < -0.39 is 11.5 Å². The maximum atomic E-state index is 13.5. The molecule has 2 aromatic rings. The maximum Gasteiger partial charge on any atom is 0.250 e. The van der Waals surface area contributed by atoms with E-state index in [2.05, 4.69) is 16.0 Å². The monoisotopic (exact) mass is 429 g/mol. The number of carbonyl (C=O) groups excluding carboxylic acids is 2. The number of ether oxygens (including phenoxy) is 2. The van der Waals surface area contributed by atoms with Crippen LogP contribution in [0.1, 0.15) is 24.5 Å². The van der Waals surface area contributed by atoms with Crippen LogP contribution in [0.2, 0.25) is 5.02 Å². The summed E-state index contributed by atoms with van der Waals surface area (Å²) in [6.45, 7) is 3.88. The summed E-state index contributed by atoms with van der Waals surface area (Å²) in [5.41, 5.74) is 1.49. The predicted octanol–water partition coefficient (Wildman–Crippen LogP) is 3.45. The van der Waals surface area contributed by atoms with Crippen LogP contribution in [0.5, 0.6) is 11.5 Å². The fourth-order valence-corrected chi connectivity index (χ4v) is 4.84. The highest BCUT2D eigenvalue weighted by atomic mass is 35.5. The van der Waals surface area contributed by atoms with E-state index in [1.54, 1.807) is 31.4 Å². The summed E-state index contributed by atoms with van der Waals surface area (Å²) in [6, 6.07) is 8.84. The van der Waals surface area contributed by atoms with E-state index in [1.165, 1.54) is 7.11 Å². The first-order valence-corrected chi connectivity index (χ1v) is 10.1. The van der Waals surface area contributed by atoms with Crippen LogP contribution in [0.25, 0.3) is 0 Å². The van der Waals surface area contributed by atoms with Crippen LogP contribution in [0.3, 0.4) is 0 Å². The second-order valence-electron chi connectivity index (χ2n) is 7.82. The molecule has 0 unspecified atom stereocenters. The van der Waals surface area contributed by atoms with E-state index in [0.29, 0.717) is 39.9 Å². The average molecular weight is 430 g/mol. The minimum absolute atomic E-state index is 0.0380. The first-order chi connectivity index (χ1) is 14.3. The van der Waals surface area contributed by atoms with Crippen molar-refractivity contribution in [1.29, 1.82) is 0 Å². The van der Waals surface area contributed by atoms with Gasteiger partial charge in [0.2, 0.25) is 11.8 Å². The summed E-state index contributed by atoms with van der Waals surface area (Å²) in [5.74, 6) is -0.0916. The Morgan fingerprint density at radius 1 is 1.23 bits per heavy atom. The molecule has 1 spiro atoms. The number of aryl methyl sites for hydroxylation is 1. The highest BCUT2D eigenvalue weighted by Gasteiger charge is 2.59. The molecule has 1 fully saturated rings. The minimum atomic E-state index is -1.18. The van der Waals surface area contributed by atoms with Crippen LogP contribution in [0, 0.1) is 12.8 Å². The number of nitrogens with one attached hydrogen (secondary N) is 3. The second-order valence-corrected chi connectivity index (χ2v) is 8.23. The van der Waals surface area contributed by atoms with Gasteiger partial charge in [-0.05, 0) is 44.0 Å². The molecular weight excluding hydrogens is 406 g/mol. The number of anilines is 2. The second kappa shape index (κ2) is 7.49. The molecule has 2 aliphatic rings. The molecular formula is C22H24ClN3O4. The Morgan fingerprint density at radius 3 is 2.70 bits per heavy atom. The fraction of sp³-hybridized carbons (Fsp3) is 0.364. The van der Waals surface area contributed by atoms with Crippen LogP contribution < -0.4 is 25.4 Å². The first-order valence-electron chi connectivity index (χ1n) is 9.72. The van der Waals surface area contributed by atoms with Gasteiger partial charge in [-0.2, -0.15) is 0 Å². The van der Waals surface area contributed by atoms with Crippen LogP contribution in [0.4, 0.5) is 11.4 Å². The fourth-order valence-electron chi connectivity index (χ4n) is 4.52. The zero-order valence-electron chi connectivity index (χ0n) is 17.3. The normalized spacial score (nSPS) is 24.5. The van der Waals surface area contributed by atoms with Crippen molar-refractivity contribution < 1.29 is 19.1 Å². The lowest BCUT2D eigenvalue weighted by atomic mass is 9.79. The van der Waals surface area contributed by atoms with Gasteiger partial charge in [0.25, 0.3) is 0 Å². The summed E-state index contributed by atoms with van der Waals surface area (Å²) in [6.07, 6.45) is 0.497. The quantitative estimate of drug-likeness (QED) is 0.692. The Hall–Kier alpha value is -2.77. The lowest BCUT2D eigenvalue weighted by Crippen LogP contribution is -2.52. The molecule has 0 bridgehead atoms. The summed E-state index contributed by atoms with van der Waals surface area (Å²) in [4.78, 5) is 26.7. The van der Waals surface area contributed by atoms with Crippen molar-refractivity contribution in [2.75, 3.05) is 24.9 Å². The van der Waals surface area contributed by atoms with E-state index >= 15 is 0 Å². The molecule has 4 rings (SSSR count). The molecule has 2 aliphatic heterocycles. The van der Waals surface area contributed by atoms with Crippen molar-refractivity contribution in [3.8, 4) is 11.5 Å². The third-order valence-corrected chi connectivity index (χ3v) is 6.12. The molecule has 0 aromatic heterocycles. The predicted molar refractivity (Wildman–Crippen MR) is 115 cm³/mol. The number of benzene rings is 2. The van der Waals surface area contributed by atoms with Crippen LogP contribution >= 0.6 is 11.6 Å². The van der Waals surface area contributed by atoms with E-state index in [-0.39, 0.29) is 17.9 Å². The Bertz CT molecular complexity index is 1040. The Morgan fingerprint density at radius 2 is 2.00 bits per heavy atom. The lowest BCUT2D eigenvalue weighted by molar-refractivity contribution is -0.130. The van der Waals surface area contributed by atoms with E-state index in [9.17, 15) is 9.59 Å². The van der Waals surface area contributed by atoms with Gasteiger partial charge in [0.05, 0.1) is 36.5 Å². The summed E-state index contributed by atoms with van der Waals surface area (Å²) in [5, 5.41) is 9.64. The number of halogens is 1. The van der Waals surface area contributed by atoms with Gasteiger partial charge in [-0.15, -0.1) is 0 Å². The van der Waals surface area contributed by atoms with Crippen molar-refractivity contribution in [3.05, 3.63) is 46.5 Å². The molecule has 2 aromatic carbocycles. The standard InChI is InChI=1S/C22H24ClN3O4/c1-11-7-14-19(16(23)8-11)25-21(28)22(14)15(9-12(2)26-22)20(27)24-17-10-13(29-3)5-6-18(17)30-4/h5-8,10,12,15,26H,9H2,1-4H3,(H,24,27)(H,25,28)/t12-,15-,22-/m0/s1. The third-order valence-electron chi connectivity index (χ3n) is 5.82.